The Morgan fingerprint density at radius 2 is 2.03 bits per heavy atom. The Hall–Kier alpha value is -2.85. The fourth-order valence-corrected chi connectivity index (χ4v) is 3.18. The molecule has 164 valence electrons. The Bertz CT molecular complexity index is 901. The van der Waals surface area contributed by atoms with E-state index in [1.165, 1.54) is 9.58 Å². The summed E-state index contributed by atoms with van der Waals surface area (Å²) in [4.78, 5) is 30.2. The second-order valence-corrected chi connectivity index (χ2v) is 6.86. The number of hydrogen-bond acceptors (Lipinski definition) is 7. The van der Waals surface area contributed by atoms with Crippen molar-refractivity contribution in [2.75, 3.05) is 33.9 Å². The SMILES string of the molecule is COc1ccc(Cc2nc([C@@H](C)N)n(CC(=O)N3CCNC(=O)C3)n2)cc1OC.Cl. The molecule has 0 unspecified atom stereocenters. The van der Waals surface area contributed by atoms with Crippen LogP contribution < -0.4 is 20.5 Å². The van der Waals surface area contributed by atoms with Gasteiger partial charge in [0, 0.05) is 19.5 Å². The lowest BCUT2D eigenvalue weighted by Gasteiger charge is -2.26. The molecule has 2 heterocycles. The summed E-state index contributed by atoms with van der Waals surface area (Å²) in [7, 11) is 3.16. The zero-order chi connectivity index (χ0) is 21.0. The van der Waals surface area contributed by atoms with Crippen LogP contribution in [-0.2, 0) is 22.6 Å². The van der Waals surface area contributed by atoms with Gasteiger partial charge in [-0.1, -0.05) is 6.07 Å². The van der Waals surface area contributed by atoms with Gasteiger partial charge in [0.05, 0.1) is 26.8 Å². The second kappa shape index (κ2) is 10.3. The highest BCUT2D eigenvalue weighted by Gasteiger charge is 2.23. The zero-order valence-electron chi connectivity index (χ0n) is 17.3. The molecule has 2 aromatic rings. The third kappa shape index (κ3) is 5.39. The van der Waals surface area contributed by atoms with Crippen molar-refractivity contribution in [2.45, 2.75) is 25.9 Å². The van der Waals surface area contributed by atoms with E-state index < -0.39 is 0 Å². The van der Waals surface area contributed by atoms with Gasteiger partial charge in [-0.2, -0.15) is 5.10 Å². The Kier molecular flexibility index (Phi) is 8.01. The van der Waals surface area contributed by atoms with Crippen LogP contribution in [0.15, 0.2) is 18.2 Å². The molecule has 3 rings (SSSR count). The summed E-state index contributed by atoms with van der Waals surface area (Å²) in [5.74, 6) is 1.98. The van der Waals surface area contributed by atoms with Gasteiger partial charge in [0.1, 0.15) is 12.4 Å². The molecular weight excluding hydrogens is 412 g/mol. The fraction of sp³-hybridized carbons (Fsp3) is 0.474. The molecule has 1 aliphatic heterocycles. The van der Waals surface area contributed by atoms with Gasteiger partial charge in [-0.3, -0.25) is 9.59 Å². The number of nitrogens with one attached hydrogen (secondary N) is 1. The van der Waals surface area contributed by atoms with Gasteiger partial charge in [-0.15, -0.1) is 12.4 Å². The van der Waals surface area contributed by atoms with Crippen molar-refractivity contribution in [3.8, 4) is 11.5 Å². The summed E-state index contributed by atoms with van der Waals surface area (Å²) in [6, 6.07) is 5.20. The molecule has 1 aliphatic rings. The van der Waals surface area contributed by atoms with Gasteiger partial charge in [-0.05, 0) is 24.6 Å². The Balaban J connectivity index is 0.00000320. The van der Waals surface area contributed by atoms with Crippen LogP contribution in [0.1, 0.15) is 30.2 Å². The van der Waals surface area contributed by atoms with Gasteiger partial charge < -0.3 is 25.4 Å². The molecule has 3 N–H and O–H groups in total. The zero-order valence-corrected chi connectivity index (χ0v) is 18.1. The van der Waals surface area contributed by atoms with Gasteiger partial charge in [-0.25, -0.2) is 9.67 Å². The van der Waals surface area contributed by atoms with E-state index >= 15 is 0 Å². The number of nitrogens with zero attached hydrogens (tertiary/aromatic N) is 4. The summed E-state index contributed by atoms with van der Waals surface area (Å²) >= 11 is 0. The first-order valence-corrected chi connectivity index (χ1v) is 9.35. The predicted octanol–water partition coefficient (Wildman–Crippen LogP) is 0.286. The van der Waals surface area contributed by atoms with E-state index in [1.807, 2.05) is 18.2 Å². The van der Waals surface area contributed by atoms with Crippen molar-refractivity contribution in [3.05, 3.63) is 35.4 Å². The van der Waals surface area contributed by atoms with Crippen LogP contribution in [0, 0.1) is 0 Å². The number of amides is 2. The number of piperazine rings is 1. The first-order chi connectivity index (χ1) is 13.9. The van der Waals surface area contributed by atoms with Crippen LogP contribution >= 0.6 is 12.4 Å². The predicted molar refractivity (Wildman–Crippen MR) is 112 cm³/mol. The molecule has 1 fully saturated rings. The second-order valence-electron chi connectivity index (χ2n) is 6.86. The normalized spacial score (nSPS) is 14.5. The quantitative estimate of drug-likeness (QED) is 0.636. The number of methoxy groups -OCH3 is 2. The minimum Gasteiger partial charge on any atom is -0.493 e. The van der Waals surface area contributed by atoms with Gasteiger partial charge in [0.2, 0.25) is 11.8 Å². The standard InChI is InChI=1S/C19H26N6O4.ClH/c1-12(20)19-22-16(9-13-4-5-14(28-2)15(8-13)29-3)23-25(19)11-18(27)24-7-6-21-17(26)10-24;/h4-5,8,12H,6-7,9-11,20H2,1-3H3,(H,21,26);1H/t12-;/m1./s1. The fourth-order valence-electron chi connectivity index (χ4n) is 3.18. The highest BCUT2D eigenvalue weighted by atomic mass is 35.5. The van der Waals surface area contributed by atoms with E-state index in [4.69, 9.17) is 15.2 Å². The number of carbonyl (C=O) groups excluding carboxylic acids is 2. The average Bonchev–Trinajstić information content (AvgIpc) is 3.10. The van der Waals surface area contributed by atoms with Gasteiger partial charge >= 0.3 is 0 Å². The van der Waals surface area contributed by atoms with E-state index in [0.717, 1.165) is 5.56 Å². The highest BCUT2D eigenvalue weighted by molar-refractivity contribution is 5.86. The van der Waals surface area contributed by atoms with Gasteiger partial charge in [0.25, 0.3) is 0 Å². The van der Waals surface area contributed by atoms with Crippen LogP contribution in [0.2, 0.25) is 0 Å². The lowest BCUT2D eigenvalue weighted by Crippen LogP contribution is -2.50. The van der Waals surface area contributed by atoms with E-state index in [1.54, 1.807) is 21.1 Å². The smallest absolute Gasteiger partial charge is 0.244 e. The molecule has 1 atom stereocenters. The van der Waals surface area contributed by atoms with Crippen molar-refractivity contribution in [1.82, 2.24) is 25.0 Å². The average molecular weight is 439 g/mol. The minimum absolute atomic E-state index is 0. The summed E-state index contributed by atoms with van der Waals surface area (Å²) in [5.41, 5.74) is 6.97. The molecule has 0 aliphatic carbocycles. The van der Waals surface area contributed by atoms with Crippen LogP contribution in [0.25, 0.3) is 0 Å². The van der Waals surface area contributed by atoms with E-state index in [9.17, 15) is 9.59 Å². The molecule has 1 aromatic carbocycles. The molecule has 0 saturated carbocycles. The number of rotatable bonds is 7. The number of halogens is 1. The molecule has 2 amide bonds. The summed E-state index contributed by atoms with van der Waals surface area (Å²) < 4.78 is 12.1. The van der Waals surface area contributed by atoms with E-state index in [0.29, 0.717) is 42.7 Å². The molecule has 11 heteroatoms. The maximum atomic E-state index is 12.6. The largest absolute Gasteiger partial charge is 0.493 e. The Labute approximate surface area is 181 Å². The van der Waals surface area contributed by atoms with Crippen molar-refractivity contribution in [1.29, 1.82) is 0 Å². The minimum atomic E-state index is -0.390. The van der Waals surface area contributed by atoms with Crippen LogP contribution in [0.5, 0.6) is 11.5 Å². The van der Waals surface area contributed by atoms with Crippen LogP contribution in [0.3, 0.4) is 0 Å². The lowest BCUT2D eigenvalue weighted by molar-refractivity contribution is -0.138. The first-order valence-electron chi connectivity index (χ1n) is 9.35. The van der Waals surface area contributed by atoms with Crippen LogP contribution in [-0.4, -0.2) is 65.3 Å². The molecule has 10 nitrogen and oxygen atoms in total. The maximum Gasteiger partial charge on any atom is 0.244 e. The van der Waals surface area contributed by atoms with Crippen molar-refractivity contribution >= 4 is 24.2 Å². The van der Waals surface area contributed by atoms with Crippen LogP contribution in [0.4, 0.5) is 0 Å². The monoisotopic (exact) mass is 438 g/mol. The number of aromatic nitrogens is 3. The van der Waals surface area contributed by atoms with Crippen molar-refractivity contribution < 1.29 is 19.1 Å². The molecule has 1 saturated heterocycles. The van der Waals surface area contributed by atoms with Crippen molar-refractivity contribution in [3.63, 3.8) is 0 Å². The first kappa shape index (κ1) is 23.4. The third-order valence-electron chi connectivity index (χ3n) is 4.64. The number of nitrogens with two attached hydrogens (primary N) is 1. The summed E-state index contributed by atoms with van der Waals surface area (Å²) in [6.07, 6.45) is 0.452. The van der Waals surface area contributed by atoms with E-state index in [-0.39, 0.29) is 43.4 Å². The number of carbonyl (C=O) groups is 2. The number of ether oxygens (including phenoxy) is 2. The number of benzene rings is 1. The molecular formula is C19H27ClN6O4. The topological polar surface area (TPSA) is 125 Å². The molecule has 0 bridgehead atoms. The highest BCUT2D eigenvalue weighted by Crippen LogP contribution is 2.28. The lowest BCUT2D eigenvalue weighted by atomic mass is 10.1. The third-order valence-corrected chi connectivity index (χ3v) is 4.64. The number of hydrogen-bond donors (Lipinski definition) is 2. The Morgan fingerprint density at radius 1 is 1.30 bits per heavy atom. The summed E-state index contributed by atoms with van der Waals surface area (Å²) in [6.45, 7) is 2.76. The van der Waals surface area contributed by atoms with Crippen molar-refractivity contribution in [2.24, 2.45) is 5.73 Å². The molecule has 0 radical (unpaired) electrons. The molecule has 30 heavy (non-hydrogen) atoms. The van der Waals surface area contributed by atoms with Gasteiger partial charge in [0.15, 0.2) is 17.3 Å². The Morgan fingerprint density at radius 3 is 2.67 bits per heavy atom. The molecule has 0 spiro atoms. The summed E-state index contributed by atoms with van der Waals surface area (Å²) in [5, 5.41) is 7.19. The van der Waals surface area contributed by atoms with E-state index in [2.05, 4.69) is 15.4 Å². The molecule has 1 aromatic heterocycles. The maximum absolute atomic E-state index is 12.6.